The molecular weight excluding hydrogens is 418 g/mol. The highest BCUT2D eigenvalue weighted by atomic mass is 32.1. The van der Waals surface area contributed by atoms with Crippen LogP contribution >= 0.6 is 11.3 Å². The van der Waals surface area contributed by atoms with Crippen molar-refractivity contribution in [2.24, 2.45) is 5.10 Å². The fraction of sp³-hybridized carbons (Fsp3) is 0.154. The van der Waals surface area contributed by atoms with E-state index in [1.807, 2.05) is 68.4 Å². The number of hydrogen-bond acceptors (Lipinski definition) is 6. The van der Waals surface area contributed by atoms with Gasteiger partial charge in [-0.25, -0.2) is 4.98 Å². The lowest BCUT2D eigenvalue weighted by atomic mass is 10.1. The van der Waals surface area contributed by atoms with E-state index in [4.69, 9.17) is 14.5 Å². The van der Waals surface area contributed by atoms with E-state index in [-0.39, 0.29) is 0 Å². The van der Waals surface area contributed by atoms with Crippen molar-refractivity contribution in [3.05, 3.63) is 84.4 Å². The van der Waals surface area contributed by atoms with E-state index in [1.165, 1.54) is 0 Å². The molecule has 3 aromatic carbocycles. The van der Waals surface area contributed by atoms with E-state index in [2.05, 4.69) is 34.8 Å². The fourth-order valence-electron chi connectivity index (χ4n) is 3.25. The molecule has 4 aromatic rings. The van der Waals surface area contributed by atoms with Crippen molar-refractivity contribution in [3.8, 4) is 33.2 Å². The zero-order chi connectivity index (χ0) is 22.2. The monoisotopic (exact) mass is 443 g/mol. The first-order valence-electron chi connectivity index (χ1n) is 10.6. The highest BCUT2D eigenvalue weighted by Gasteiger charge is 2.14. The van der Waals surface area contributed by atoms with Gasteiger partial charge in [-0.15, -0.1) is 0 Å². The second-order valence-electron chi connectivity index (χ2n) is 6.87. The van der Waals surface area contributed by atoms with Crippen LogP contribution in [-0.2, 0) is 0 Å². The van der Waals surface area contributed by atoms with E-state index >= 15 is 0 Å². The van der Waals surface area contributed by atoms with Gasteiger partial charge in [-0.1, -0.05) is 72.0 Å². The van der Waals surface area contributed by atoms with Gasteiger partial charge in [0.05, 0.1) is 30.0 Å². The van der Waals surface area contributed by atoms with Crippen LogP contribution in [0.1, 0.15) is 19.4 Å². The van der Waals surface area contributed by atoms with Gasteiger partial charge in [0, 0.05) is 5.56 Å². The van der Waals surface area contributed by atoms with E-state index < -0.39 is 0 Å². The van der Waals surface area contributed by atoms with Crippen LogP contribution in [0.25, 0.3) is 21.7 Å². The standard InChI is InChI=1S/C26H25N3O2S/c1-3-30-22-16-15-19(17-23(22)31-4-2)18-27-29-26-28-24(20-11-7-5-8-12-20)25(32-26)21-13-9-6-10-14-21/h5-18H,3-4H2,1-2H3,(H,28,29)/b27-18-. The molecule has 162 valence electrons. The summed E-state index contributed by atoms with van der Waals surface area (Å²) in [5, 5.41) is 5.14. The number of aromatic nitrogens is 1. The van der Waals surface area contributed by atoms with Crippen molar-refractivity contribution in [2.75, 3.05) is 18.6 Å². The Morgan fingerprint density at radius 3 is 2.19 bits per heavy atom. The summed E-state index contributed by atoms with van der Waals surface area (Å²) in [6.45, 7) is 5.07. The van der Waals surface area contributed by atoms with Crippen molar-refractivity contribution < 1.29 is 9.47 Å². The van der Waals surface area contributed by atoms with Gasteiger partial charge < -0.3 is 9.47 Å². The fourth-order valence-corrected chi connectivity index (χ4v) is 4.20. The van der Waals surface area contributed by atoms with Crippen molar-refractivity contribution in [1.82, 2.24) is 4.98 Å². The topological polar surface area (TPSA) is 55.7 Å². The number of nitrogens with one attached hydrogen (secondary N) is 1. The van der Waals surface area contributed by atoms with Crippen LogP contribution in [0.15, 0.2) is 84.0 Å². The van der Waals surface area contributed by atoms with Gasteiger partial charge in [-0.05, 0) is 43.2 Å². The largest absolute Gasteiger partial charge is 0.490 e. The number of anilines is 1. The Labute approximate surface area is 192 Å². The quantitative estimate of drug-likeness (QED) is 0.230. The molecule has 0 bridgehead atoms. The minimum atomic E-state index is 0.572. The number of nitrogens with zero attached hydrogens (tertiary/aromatic N) is 2. The molecule has 0 saturated carbocycles. The summed E-state index contributed by atoms with van der Waals surface area (Å²) in [6, 6.07) is 26.3. The summed E-state index contributed by atoms with van der Waals surface area (Å²) < 4.78 is 11.3. The highest BCUT2D eigenvalue weighted by Crippen LogP contribution is 2.38. The molecule has 1 heterocycles. The third kappa shape index (κ3) is 5.15. The summed E-state index contributed by atoms with van der Waals surface area (Å²) in [5.74, 6) is 1.45. The summed E-state index contributed by atoms with van der Waals surface area (Å²) >= 11 is 1.58. The third-order valence-corrected chi connectivity index (χ3v) is 5.66. The van der Waals surface area contributed by atoms with E-state index in [1.54, 1.807) is 17.6 Å². The molecule has 32 heavy (non-hydrogen) atoms. The van der Waals surface area contributed by atoms with Crippen LogP contribution in [0.4, 0.5) is 5.13 Å². The summed E-state index contributed by atoms with van der Waals surface area (Å²) in [4.78, 5) is 5.93. The van der Waals surface area contributed by atoms with Crippen LogP contribution in [0.5, 0.6) is 11.5 Å². The molecule has 0 saturated heterocycles. The van der Waals surface area contributed by atoms with E-state index in [9.17, 15) is 0 Å². The van der Waals surface area contributed by atoms with E-state index in [0.29, 0.717) is 19.0 Å². The lowest BCUT2D eigenvalue weighted by molar-refractivity contribution is 0.288. The predicted molar refractivity (Wildman–Crippen MR) is 133 cm³/mol. The molecule has 0 aliphatic heterocycles. The van der Waals surface area contributed by atoms with Crippen molar-refractivity contribution >= 4 is 22.7 Å². The van der Waals surface area contributed by atoms with Crippen molar-refractivity contribution in [3.63, 3.8) is 0 Å². The maximum absolute atomic E-state index is 5.69. The molecule has 0 atom stereocenters. The summed E-state index contributed by atoms with van der Waals surface area (Å²) in [5.41, 5.74) is 7.15. The van der Waals surface area contributed by atoms with Crippen LogP contribution in [0.3, 0.4) is 0 Å². The molecule has 0 aliphatic rings. The van der Waals surface area contributed by atoms with Gasteiger partial charge in [0.1, 0.15) is 0 Å². The molecule has 0 unspecified atom stereocenters. The lowest BCUT2D eigenvalue weighted by Crippen LogP contribution is -1.99. The number of benzene rings is 3. The molecule has 0 spiro atoms. The van der Waals surface area contributed by atoms with E-state index in [0.717, 1.165) is 38.1 Å². The Hall–Kier alpha value is -3.64. The van der Waals surface area contributed by atoms with Gasteiger partial charge in [0.2, 0.25) is 5.13 Å². The molecule has 1 aromatic heterocycles. The maximum atomic E-state index is 5.69. The number of hydrogen-bond donors (Lipinski definition) is 1. The minimum absolute atomic E-state index is 0.572. The van der Waals surface area contributed by atoms with Crippen LogP contribution < -0.4 is 14.9 Å². The summed E-state index contributed by atoms with van der Waals surface area (Å²) in [6.07, 6.45) is 1.75. The molecule has 0 radical (unpaired) electrons. The predicted octanol–water partition coefficient (Wildman–Crippen LogP) is 6.72. The Balaban J connectivity index is 1.58. The van der Waals surface area contributed by atoms with Crippen LogP contribution in [-0.4, -0.2) is 24.4 Å². The van der Waals surface area contributed by atoms with Crippen LogP contribution in [0.2, 0.25) is 0 Å². The Morgan fingerprint density at radius 1 is 0.844 bits per heavy atom. The summed E-state index contributed by atoms with van der Waals surface area (Å²) in [7, 11) is 0. The zero-order valence-electron chi connectivity index (χ0n) is 18.1. The van der Waals surface area contributed by atoms with Crippen LogP contribution in [0, 0.1) is 0 Å². The first-order chi connectivity index (χ1) is 15.8. The number of rotatable bonds is 9. The van der Waals surface area contributed by atoms with Gasteiger partial charge >= 0.3 is 0 Å². The molecule has 1 N–H and O–H groups in total. The maximum Gasteiger partial charge on any atom is 0.204 e. The van der Waals surface area contributed by atoms with Gasteiger partial charge in [0.25, 0.3) is 0 Å². The average Bonchev–Trinajstić information content (AvgIpc) is 3.26. The minimum Gasteiger partial charge on any atom is -0.490 e. The third-order valence-electron chi connectivity index (χ3n) is 4.65. The first-order valence-corrected chi connectivity index (χ1v) is 11.4. The lowest BCUT2D eigenvalue weighted by Gasteiger charge is -2.11. The second kappa shape index (κ2) is 10.6. The van der Waals surface area contributed by atoms with Crippen molar-refractivity contribution in [2.45, 2.75) is 13.8 Å². The Kier molecular flexibility index (Phi) is 7.15. The van der Waals surface area contributed by atoms with Gasteiger partial charge in [-0.3, -0.25) is 5.43 Å². The SMILES string of the molecule is CCOc1ccc(/C=N\Nc2nc(-c3ccccc3)c(-c3ccccc3)s2)cc1OCC. The number of thiazole rings is 1. The Morgan fingerprint density at radius 2 is 1.50 bits per heavy atom. The smallest absolute Gasteiger partial charge is 0.204 e. The zero-order valence-corrected chi connectivity index (χ0v) is 18.9. The molecule has 0 aliphatic carbocycles. The molecular formula is C26H25N3O2S. The van der Waals surface area contributed by atoms with Gasteiger partial charge in [-0.2, -0.15) is 5.10 Å². The number of ether oxygens (including phenoxy) is 2. The number of hydrazone groups is 1. The molecule has 5 nitrogen and oxygen atoms in total. The molecule has 0 fully saturated rings. The molecule has 0 amide bonds. The first kappa shape index (κ1) is 21.6. The molecule has 4 rings (SSSR count). The highest BCUT2D eigenvalue weighted by molar-refractivity contribution is 7.19. The average molecular weight is 444 g/mol. The molecule has 6 heteroatoms. The van der Waals surface area contributed by atoms with Crippen molar-refractivity contribution in [1.29, 1.82) is 0 Å². The Bertz CT molecular complexity index is 1120. The second-order valence-corrected chi connectivity index (χ2v) is 7.87. The van der Waals surface area contributed by atoms with Gasteiger partial charge in [0.15, 0.2) is 11.5 Å². The normalized spacial score (nSPS) is 10.9.